The van der Waals surface area contributed by atoms with E-state index >= 15 is 0 Å². The van der Waals surface area contributed by atoms with Crippen LogP contribution in [-0.4, -0.2) is 53.8 Å². The van der Waals surface area contributed by atoms with Gasteiger partial charge in [0.05, 0.1) is 24.4 Å². The average Bonchev–Trinajstić information content (AvgIpc) is 2.58. The number of fused-ring (bicyclic) bond motifs is 1. The van der Waals surface area contributed by atoms with Gasteiger partial charge in [-0.2, -0.15) is 0 Å². The smallest absolute Gasteiger partial charge is 0.134 e. The summed E-state index contributed by atoms with van der Waals surface area (Å²) >= 11 is 0. The van der Waals surface area contributed by atoms with Crippen molar-refractivity contribution in [3.05, 3.63) is 29.2 Å². The fourth-order valence-corrected chi connectivity index (χ4v) is 3.66. The molecule has 1 aromatic rings. The molecule has 6 heteroatoms. The molecule has 1 aliphatic carbocycles. The van der Waals surface area contributed by atoms with E-state index < -0.39 is 0 Å². The highest BCUT2D eigenvalue weighted by Gasteiger charge is 2.34. The van der Waals surface area contributed by atoms with Crippen molar-refractivity contribution in [2.24, 2.45) is 5.73 Å². The Kier molecular flexibility index (Phi) is 4.28. The summed E-state index contributed by atoms with van der Waals surface area (Å²) in [4.78, 5) is 12.2. The van der Waals surface area contributed by atoms with Gasteiger partial charge in [-0.3, -0.25) is 0 Å². The number of nitrogens with zero attached hydrogens (tertiary/aromatic N) is 3. The summed E-state index contributed by atoms with van der Waals surface area (Å²) < 4.78 is 5.26. The molecule has 130 valence electrons. The lowest BCUT2D eigenvalue weighted by atomic mass is 9.93. The van der Waals surface area contributed by atoms with Gasteiger partial charge >= 0.3 is 0 Å². The van der Waals surface area contributed by atoms with Crippen molar-refractivity contribution in [1.82, 2.24) is 14.9 Å². The van der Waals surface area contributed by atoms with Crippen LogP contribution in [0, 0.1) is 0 Å². The first kappa shape index (κ1) is 16.0. The Morgan fingerprint density at radius 1 is 1.38 bits per heavy atom. The summed E-state index contributed by atoms with van der Waals surface area (Å²) in [5.41, 5.74) is 8.48. The molecular weight excluding hydrogens is 302 g/mol. The predicted octanol–water partition coefficient (Wildman–Crippen LogP) is 1.43. The van der Waals surface area contributed by atoms with E-state index in [1.165, 1.54) is 11.3 Å². The summed E-state index contributed by atoms with van der Waals surface area (Å²) in [6.07, 6.45) is 8.82. The number of nitrogens with one attached hydrogen (secondary N) is 1. The number of aromatic nitrogens is 2. The third kappa shape index (κ3) is 3.18. The molecule has 24 heavy (non-hydrogen) atoms. The van der Waals surface area contributed by atoms with E-state index in [0.29, 0.717) is 25.7 Å². The molecule has 3 heterocycles. The van der Waals surface area contributed by atoms with E-state index in [2.05, 4.69) is 29.4 Å². The number of nitrogens with two attached hydrogens (primary N) is 1. The maximum Gasteiger partial charge on any atom is 0.134 e. The van der Waals surface area contributed by atoms with E-state index in [0.717, 1.165) is 50.4 Å². The van der Waals surface area contributed by atoms with E-state index in [4.69, 9.17) is 20.4 Å². The van der Waals surface area contributed by atoms with Crippen molar-refractivity contribution >= 4 is 5.82 Å². The lowest BCUT2D eigenvalue weighted by Gasteiger charge is -2.38. The molecule has 6 nitrogen and oxygen atoms in total. The van der Waals surface area contributed by atoms with E-state index in [9.17, 15) is 0 Å². The van der Waals surface area contributed by atoms with Crippen LogP contribution in [0.15, 0.2) is 12.2 Å². The highest BCUT2D eigenvalue weighted by Crippen LogP contribution is 2.31. The maximum atomic E-state index is 6.28. The van der Waals surface area contributed by atoms with E-state index in [1.54, 1.807) is 0 Å². The minimum atomic E-state index is -0.253. The number of ether oxygens (including phenoxy) is 1. The van der Waals surface area contributed by atoms with Gasteiger partial charge in [0.25, 0.3) is 0 Å². The van der Waals surface area contributed by atoms with Gasteiger partial charge in [-0.15, -0.1) is 0 Å². The van der Waals surface area contributed by atoms with Gasteiger partial charge in [0.15, 0.2) is 0 Å². The molecule has 0 radical (unpaired) electrons. The zero-order valence-electron chi connectivity index (χ0n) is 14.4. The molecule has 0 aromatic carbocycles. The van der Waals surface area contributed by atoms with Gasteiger partial charge in [0, 0.05) is 31.1 Å². The van der Waals surface area contributed by atoms with Crippen LogP contribution in [-0.2, 0) is 17.7 Å². The molecule has 2 aliphatic heterocycles. The van der Waals surface area contributed by atoms with Crippen LogP contribution in [0.1, 0.15) is 42.3 Å². The highest BCUT2D eigenvalue weighted by atomic mass is 16.5. The molecule has 0 bridgehead atoms. The van der Waals surface area contributed by atoms with Crippen molar-refractivity contribution < 1.29 is 4.74 Å². The van der Waals surface area contributed by atoms with Gasteiger partial charge in [-0.05, 0) is 32.7 Å². The van der Waals surface area contributed by atoms with Crippen LogP contribution >= 0.6 is 0 Å². The number of rotatable bonds is 4. The minimum absolute atomic E-state index is 0.253. The summed E-state index contributed by atoms with van der Waals surface area (Å²) in [5, 5.41) is 3.52. The summed E-state index contributed by atoms with van der Waals surface area (Å²) in [5.74, 6) is 2.42. The molecule has 3 aliphatic rings. The number of hydrogen-bond donors (Lipinski definition) is 2. The van der Waals surface area contributed by atoms with Crippen molar-refractivity contribution in [2.45, 2.75) is 43.7 Å². The third-order valence-electron chi connectivity index (χ3n) is 5.29. The molecular formula is C18H27N5O. The second kappa shape index (κ2) is 6.43. The Hall–Kier alpha value is -1.50. The monoisotopic (exact) mass is 329 g/mol. The minimum Gasteiger partial charge on any atom is -0.377 e. The zero-order chi connectivity index (χ0) is 16.6. The lowest BCUT2D eigenvalue weighted by Crippen LogP contribution is -2.61. The Morgan fingerprint density at radius 2 is 2.25 bits per heavy atom. The van der Waals surface area contributed by atoms with Gasteiger partial charge in [-0.1, -0.05) is 12.2 Å². The predicted molar refractivity (Wildman–Crippen MR) is 94.0 cm³/mol. The first-order chi connectivity index (χ1) is 11.6. The fraction of sp³-hybridized carbons (Fsp3) is 0.667. The molecule has 1 unspecified atom stereocenters. The SMILES string of the molecule is CN1CCc2c(nc(C3CC=CCC3)nc2NCC2(N)COC2)C1. The Morgan fingerprint density at radius 3 is 2.96 bits per heavy atom. The van der Waals surface area contributed by atoms with E-state index in [1.807, 2.05) is 0 Å². The normalized spacial score (nSPS) is 25.8. The summed E-state index contributed by atoms with van der Waals surface area (Å²) in [7, 11) is 2.15. The Balaban J connectivity index is 1.62. The molecule has 0 saturated carbocycles. The maximum absolute atomic E-state index is 6.28. The quantitative estimate of drug-likeness (QED) is 0.814. The van der Waals surface area contributed by atoms with Crippen LogP contribution in [0.2, 0.25) is 0 Å². The van der Waals surface area contributed by atoms with Crippen LogP contribution < -0.4 is 11.1 Å². The number of anilines is 1. The molecule has 0 amide bonds. The zero-order valence-corrected chi connectivity index (χ0v) is 14.4. The molecule has 0 spiro atoms. The van der Waals surface area contributed by atoms with Crippen LogP contribution in [0.4, 0.5) is 5.82 Å². The molecule has 1 fully saturated rings. The van der Waals surface area contributed by atoms with Crippen LogP contribution in [0.3, 0.4) is 0 Å². The van der Waals surface area contributed by atoms with Crippen LogP contribution in [0.5, 0.6) is 0 Å². The van der Waals surface area contributed by atoms with Crippen LogP contribution in [0.25, 0.3) is 0 Å². The van der Waals surface area contributed by atoms with Crippen molar-refractivity contribution in [3.63, 3.8) is 0 Å². The van der Waals surface area contributed by atoms with Gasteiger partial charge in [0.2, 0.25) is 0 Å². The second-order valence-corrected chi connectivity index (χ2v) is 7.53. The third-order valence-corrected chi connectivity index (χ3v) is 5.29. The fourth-order valence-electron chi connectivity index (χ4n) is 3.66. The molecule has 1 atom stereocenters. The largest absolute Gasteiger partial charge is 0.377 e. The standard InChI is InChI=1S/C18H27N5O/c1-23-8-7-14-15(9-23)21-16(13-5-3-2-4-6-13)22-17(14)20-10-18(19)11-24-12-18/h2-3,13H,4-12,19H2,1H3,(H,20,21,22). The molecule has 1 saturated heterocycles. The van der Waals surface area contributed by atoms with Gasteiger partial charge in [-0.25, -0.2) is 9.97 Å². The van der Waals surface area contributed by atoms with Crippen molar-refractivity contribution in [2.75, 3.05) is 38.7 Å². The average molecular weight is 329 g/mol. The second-order valence-electron chi connectivity index (χ2n) is 7.53. The van der Waals surface area contributed by atoms with E-state index in [-0.39, 0.29) is 5.54 Å². The Bertz CT molecular complexity index is 641. The first-order valence-electron chi connectivity index (χ1n) is 8.97. The first-order valence-corrected chi connectivity index (χ1v) is 8.97. The Labute approximate surface area is 143 Å². The summed E-state index contributed by atoms with van der Waals surface area (Å²) in [6, 6.07) is 0. The number of hydrogen-bond acceptors (Lipinski definition) is 6. The van der Waals surface area contributed by atoms with Crippen molar-refractivity contribution in [1.29, 1.82) is 0 Å². The van der Waals surface area contributed by atoms with Gasteiger partial charge < -0.3 is 20.7 Å². The number of allylic oxidation sites excluding steroid dienone is 2. The topological polar surface area (TPSA) is 76.3 Å². The molecule has 1 aromatic heterocycles. The van der Waals surface area contributed by atoms with Crippen molar-refractivity contribution in [3.8, 4) is 0 Å². The molecule has 4 rings (SSSR count). The van der Waals surface area contributed by atoms with Gasteiger partial charge in [0.1, 0.15) is 11.6 Å². The lowest BCUT2D eigenvalue weighted by molar-refractivity contribution is -0.0462. The highest BCUT2D eigenvalue weighted by molar-refractivity contribution is 5.48. The summed E-state index contributed by atoms with van der Waals surface area (Å²) in [6.45, 7) is 3.90. The number of likely N-dealkylation sites (N-methyl/N-ethyl adjacent to an activating group) is 1. The molecule has 3 N–H and O–H groups in total.